The van der Waals surface area contributed by atoms with Crippen LogP contribution in [0, 0.1) is 10.8 Å². The number of carbonyl (C=O) groups excluding carboxylic acids is 2. The number of ether oxygens (including phenoxy) is 3. The van der Waals surface area contributed by atoms with Crippen LogP contribution >= 0.6 is 7.67 Å². The average molecular weight is 644 g/mol. The van der Waals surface area contributed by atoms with Crippen LogP contribution in [0.1, 0.15) is 74.1 Å². The number of rotatable bonds is 12. The van der Waals surface area contributed by atoms with Crippen molar-refractivity contribution in [2.24, 2.45) is 10.8 Å². The Morgan fingerprint density at radius 1 is 1.09 bits per heavy atom. The summed E-state index contributed by atoms with van der Waals surface area (Å²) in [5.74, 6) is -0.757. The van der Waals surface area contributed by atoms with Crippen molar-refractivity contribution in [3.8, 4) is 0 Å². The van der Waals surface area contributed by atoms with Crippen LogP contribution in [0.4, 0.5) is 5.82 Å². The number of aromatic nitrogens is 4. The van der Waals surface area contributed by atoms with Crippen molar-refractivity contribution in [2.75, 3.05) is 25.6 Å². The van der Waals surface area contributed by atoms with Gasteiger partial charge in [0.05, 0.1) is 29.3 Å². The summed E-state index contributed by atoms with van der Waals surface area (Å²) in [5, 5.41) is 32.1. The maximum Gasteiger partial charge on any atom is 0.341 e. The first-order chi connectivity index (χ1) is 20.2. The van der Waals surface area contributed by atoms with Gasteiger partial charge in [-0.25, -0.2) is 24.7 Å². The van der Waals surface area contributed by atoms with Crippen LogP contribution in [-0.4, -0.2) is 91.4 Å². The van der Waals surface area contributed by atoms with Gasteiger partial charge in [0.1, 0.15) is 43.5 Å². The van der Waals surface area contributed by atoms with Crippen LogP contribution in [-0.2, 0) is 32.9 Å². The maximum atomic E-state index is 14.1. The van der Waals surface area contributed by atoms with Gasteiger partial charge in [0.25, 0.3) is 0 Å². The number of hydrogen-bond donors (Lipinski definition) is 5. The number of nitrogens with zero attached hydrogens (tertiary/aromatic N) is 4. The minimum atomic E-state index is -3.99. The predicted octanol–water partition coefficient (Wildman–Crippen LogP) is 1.52. The normalized spacial score (nSPS) is 24.3. The van der Waals surface area contributed by atoms with Gasteiger partial charge in [0.15, 0.2) is 11.5 Å². The van der Waals surface area contributed by atoms with E-state index in [1.165, 1.54) is 24.0 Å². The number of carbonyl (C=O) groups is 2. The highest BCUT2D eigenvalue weighted by atomic mass is 31.2. The molecule has 0 aliphatic carbocycles. The fourth-order valence-corrected chi connectivity index (χ4v) is 6.12. The molecule has 0 saturated carbocycles. The van der Waals surface area contributed by atoms with E-state index in [9.17, 15) is 24.4 Å². The summed E-state index contributed by atoms with van der Waals surface area (Å²) in [4.78, 5) is 32.6. The quantitative estimate of drug-likeness (QED) is 0.163. The Hall–Kier alpha value is -2.72. The van der Waals surface area contributed by atoms with Gasteiger partial charge in [-0.05, 0) is 62.3 Å². The third kappa shape index (κ3) is 8.50. The van der Waals surface area contributed by atoms with Crippen LogP contribution in [0.25, 0.3) is 5.65 Å². The topological polar surface area (TPSA) is 222 Å². The molecule has 2 aromatic heterocycles. The third-order valence-corrected chi connectivity index (χ3v) is 8.85. The Labute approximate surface area is 256 Å². The number of hydrogen-bond acceptors (Lipinski definition) is 13. The van der Waals surface area contributed by atoms with Crippen molar-refractivity contribution >= 4 is 31.1 Å². The van der Waals surface area contributed by atoms with E-state index >= 15 is 0 Å². The number of nitrogens with one attached hydrogen (secondary N) is 2. The Bertz CT molecular complexity index is 1330. The standard InChI is InChI=1S/C27H46N7O9P/c1-15(11-40-23(36)25(3,4)5)32-44(39,33-16(2)12-41-24(37)26(6,7)8)42-13-18-19(35)27(9,38)20(43-18)17-10-29-22-21(28)30-14-31-34(17)22/h10,14-16,18-20,35,38H,11-13H2,1-9H3,(H2,28,30,31)(H2,32,33,39)/t15-,16-,18+,19+,20-,27+/m0/s1. The van der Waals surface area contributed by atoms with E-state index in [1.807, 2.05) is 0 Å². The van der Waals surface area contributed by atoms with Crippen molar-refractivity contribution in [3.63, 3.8) is 0 Å². The first-order valence-electron chi connectivity index (χ1n) is 14.3. The maximum absolute atomic E-state index is 14.1. The molecule has 1 aliphatic rings. The molecular formula is C27H46N7O9P. The largest absolute Gasteiger partial charge is 0.464 e. The Morgan fingerprint density at radius 3 is 2.11 bits per heavy atom. The van der Waals surface area contributed by atoms with Crippen molar-refractivity contribution in [1.82, 2.24) is 29.8 Å². The monoisotopic (exact) mass is 643 g/mol. The van der Waals surface area contributed by atoms with E-state index in [0.717, 1.165) is 0 Å². The van der Waals surface area contributed by atoms with Gasteiger partial charge in [0.2, 0.25) is 0 Å². The van der Waals surface area contributed by atoms with Crippen LogP contribution in [0.5, 0.6) is 0 Å². The molecular weight excluding hydrogens is 597 g/mol. The molecule has 16 nitrogen and oxygen atoms in total. The molecule has 0 unspecified atom stereocenters. The number of imidazole rings is 1. The van der Waals surface area contributed by atoms with Gasteiger partial charge in [-0.3, -0.25) is 14.2 Å². The summed E-state index contributed by atoms with van der Waals surface area (Å²) >= 11 is 0. The summed E-state index contributed by atoms with van der Waals surface area (Å²) < 4.78 is 38.0. The SMILES string of the molecule is C[C@@H](COC(=O)C(C)(C)C)NP(=O)(N[C@@H](C)COC(=O)C(C)(C)C)OC[C@H]1O[C@@H](c2cnc3c(N)ncnn23)[C@](C)(O)[C@@H]1O. The van der Waals surface area contributed by atoms with Gasteiger partial charge >= 0.3 is 19.6 Å². The number of aliphatic hydroxyl groups excluding tert-OH is 1. The van der Waals surface area contributed by atoms with Gasteiger partial charge in [-0.1, -0.05) is 0 Å². The molecule has 0 bridgehead atoms. The number of fused-ring (bicyclic) bond motifs is 1. The molecule has 3 heterocycles. The molecule has 0 amide bonds. The lowest BCUT2D eigenvalue weighted by Gasteiger charge is -2.29. The lowest BCUT2D eigenvalue weighted by atomic mass is 9.91. The first kappa shape index (κ1) is 35.8. The fraction of sp³-hybridized carbons (Fsp3) is 0.741. The summed E-state index contributed by atoms with van der Waals surface area (Å²) in [6.07, 6.45) is -1.09. The lowest BCUT2D eigenvalue weighted by Crippen LogP contribution is -2.44. The molecule has 2 aromatic rings. The molecule has 1 aliphatic heterocycles. The molecule has 0 spiro atoms. The highest BCUT2D eigenvalue weighted by Crippen LogP contribution is 2.45. The molecule has 0 aromatic carbocycles. The molecule has 17 heteroatoms. The second-order valence-corrected chi connectivity index (χ2v) is 15.3. The highest BCUT2D eigenvalue weighted by molar-refractivity contribution is 7.54. The van der Waals surface area contributed by atoms with Gasteiger partial charge in [-0.15, -0.1) is 0 Å². The van der Waals surface area contributed by atoms with E-state index in [1.54, 1.807) is 55.4 Å². The predicted molar refractivity (Wildman–Crippen MR) is 159 cm³/mol. The molecule has 1 fully saturated rings. The molecule has 3 rings (SSSR count). The molecule has 6 atom stereocenters. The zero-order valence-electron chi connectivity index (χ0n) is 26.7. The summed E-state index contributed by atoms with van der Waals surface area (Å²) in [5.41, 5.74) is 3.15. The second-order valence-electron chi connectivity index (χ2n) is 13.4. The molecule has 6 N–H and O–H groups in total. The number of nitrogens with two attached hydrogens (primary N) is 1. The number of anilines is 1. The highest BCUT2D eigenvalue weighted by Gasteiger charge is 2.54. The van der Waals surface area contributed by atoms with Crippen molar-refractivity contribution < 1.29 is 43.1 Å². The summed E-state index contributed by atoms with van der Waals surface area (Å²) in [7, 11) is -3.99. The fourth-order valence-electron chi connectivity index (χ4n) is 4.23. The van der Waals surface area contributed by atoms with Crippen LogP contribution < -0.4 is 15.9 Å². The molecule has 44 heavy (non-hydrogen) atoms. The van der Waals surface area contributed by atoms with E-state index in [-0.39, 0.29) is 24.7 Å². The Morgan fingerprint density at radius 2 is 1.61 bits per heavy atom. The van der Waals surface area contributed by atoms with Crippen LogP contribution in [0.3, 0.4) is 0 Å². The zero-order valence-corrected chi connectivity index (χ0v) is 27.6. The van der Waals surface area contributed by atoms with E-state index in [0.29, 0.717) is 5.69 Å². The average Bonchev–Trinajstić information content (AvgIpc) is 3.42. The lowest BCUT2D eigenvalue weighted by molar-refractivity contribution is -0.154. The number of nitrogen functional groups attached to an aromatic ring is 1. The van der Waals surface area contributed by atoms with Crippen molar-refractivity contribution in [2.45, 2.75) is 98.3 Å². The first-order valence-corrected chi connectivity index (χ1v) is 15.9. The Kier molecular flexibility index (Phi) is 10.8. The van der Waals surface area contributed by atoms with Crippen molar-refractivity contribution in [3.05, 3.63) is 18.2 Å². The third-order valence-electron chi connectivity index (χ3n) is 6.77. The van der Waals surface area contributed by atoms with Gasteiger partial charge < -0.3 is 34.7 Å². The number of aliphatic hydroxyl groups is 2. The van der Waals surface area contributed by atoms with Crippen LogP contribution in [0.15, 0.2) is 12.5 Å². The Balaban J connectivity index is 1.76. The summed E-state index contributed by atoms with van der Waals surface area (Å²) in [6.45, 7) is 14.3. The molecule has 248 valence electrons. The van der Waals surface area contributed by atoms with E-state index < -0.39 is 73.0 Å². The van der Waals surface area contributed by atoms with Crippen molar-refractivity contribution in [1.29, 1.82) is 0 Å². The zero-order chi connectivity index (χ0) is 33.3. The van der Waals surface area contributed by atoms with Gasteiger partial charge in [0, 0.05) is 12.1 Å². The van der Waals surface area contributed by atoms with Gasteiger partial charge in [-0.2, -0.15) is 5.10 Å². The summed E-state index contributed by atoms with van der Waals surface area (Å²) in [6, 6.07) is -1.28. The minimum absolute atomic E-state index is 0.114. The smallest absolute Gasteiger partial charge is 0.341 e. The minimum Gasteiger partial charge on any atom is -0.464 e. The second kappa shape index (κ2) is 13.3. The number of esters is 2. The van der Waals surface area contributed by atoms with Crippen LogP contribution in [0.2, 0.25) is 0 Å². The van der Waals surface area contributed by atoms with E-state index in [2.05, 4.69) is 25.2 Å². The molecule has 0 radical (unpaired) electrons. The van der Waals surface area contributed by atoms with E-state index in [4.69, 9.17) is 24.5 Å². The molecule has 1 saturated heterocycles.